The Morgan fingerprint density at radius 2 is 2.53 bits per heavy atom. The second-order valence-corrected chi connectivity index (χ2v) is 2.70. The predicted octanol–water partition coefficient (Wildman–Crippen LogP) is 0.175. The summed E-state index contributed by atoms with van der Waals surface area (Å²) in [4.78, 5) is 21.6. The van der Waals surface area contributed by atoms with Crippen LogP contribution in [0, 0.1) is 0 Å². The van der Waals surface area contributed by atoms with Crippen molar-refractivity contribution in [2.24, 2.45) is 0 Å². The number of ether oxygens (including phenoxy) is 1. The Kier molecular flexibility index (Phi) is 2.44. The monoisotopic (exact) mass is 208 g/mol. The largest absolute Gasteiger partial charge is 0.469 e. The number of aromatic amines is 1. The number of esters is 1. The molecule has 0 saturated heterocycles. The predicted molar refractivity (Wildman–Crippen MR) is 47.6 cm³/mol. The first-order chi connectivity index (χ1) is 7.29. The topological polar surface area (TPSA) is 93.9 Å². The van der Waals surface area contributed by atoms with Crippen LogP contribution < -0.4 is 0 Å². The molecule has 2 heterocycles. The fraction of sp³-hybridized carbons (Fsp3) is 0.250. The Morgan fingerprint density at radius 1 is 1.67 bits per heavy atom. The van der Waals surface area contributed by atoms with Gasteiger partial charge in [-0.05, 0) is 0 Å². The van der Waals surface area contributed by atoms with Crippen molar-refractivity contribution in [2.75, 3.05) is 7.11 Å². The number of nitrogens with zero attached hydrogens (tertiary/aromatic N) is 3. The zero-order valence-corrected chi connectivity index (χ0v) is 7.93. The first-order valence-corrected chi connectivity index (χ1v) is 4.18. The van der Waals surface area contributed by atoms with E-state index >= 15 is 0 Å². The van der Waals surface area contributed by atoms with E-state index in [1.165, 1.54) is 7.11 Å². The molecule has 2 aromatic rings. The number of rotatable bonds is 3. The molecule has 15 heavy (non-hydrogen) atoms. The quantitative estimate of drug-likeness (QED) is 0.723. The third-order valence-electron chi connectivity index (χ3n) is 1.70. The smallest absolute Gasteiger partial charge is 0.315 e. The van der Waals surface area contributed by atoms with E-state index in [4.69, 9.17) is 4.52 Å². The lowest BCUT2D eigenvalue weighted by molar-refractivity contribution is -0.140. The Labute approximate surface area is 84.5 Å². The lowest BCUT2D eigenvalue weighted by Gasteiger charge is -1.91. The van der Waals surface area contributed by atoms with Gasteiger partial charge >= 0.3 is 5.97 Å². The number of H-pyrrole nitrogens is 1. The van der Waals surface area contributed by atoms with Crippen LogP contribution in [0.3, 0.4) is 0 Å². The zero-order chi connectivity index (χ0) is 10.7. The van der Waals surface area contributed by atoms with Gasteiger partial charge in [0.05, 0.1) is 7.11 Å². The van der Waals surface area contributed by atoms with Crippen LogP contribution in [0.1, 0.15) is 5.89 Å². The van der Waals surface area contributed by atoms with Crippen LogP contribution in [0.15, 0.2) is 16.9 Å². The Balaban J connectivity index is 2.14. The molecule has 2 rings (SSSR count). The van der Waals surface area contributed by atoms with Crippen LogP contribution in [-0.2, 0) is 16.0 Å². The van der Waals surface area contributed by atoms with E-state index in [0.717, 1.165) is 0 Å². The SMILES string of the molecule is COC(=O)Cc1nc(-c2ncc[nH]2)no1. The molecule has 0 saturated carbocycles. The van der Waals surface area contributed by atoms with Crippen molar-refractivity contribution in [1.82, 2.24) is 20.1 Å². The summed E-state index contributed by atoms with van der Waals surface area (Å²) in [5, 5.41) is 3.66. The third kappa shape index (κ3) is 2.01. The second-order valence-electron chi connectivity index (χ2n) is 2.70. The van der Waals surface area contributed by atoms with Crippen molar-refractivity contribution in [2.45, 2.75) is 6.42 Å². The molecule has 0 unspecified atom stereocenters. The van der Waals surface area contributed by atoms with Gasteiger partial charge in [-0.1, -0.05) is 5.16 Å². The van der Waals surface area contributed by atoms with Gasteiger partial charge in [-0.3, -0.25) is 4.79 Å². The normalized spacial score (nSPS) is 10.2. The second kappa shape index (κ2) is 3.91. The van der Waals surface area contributed by atoms with E-state index in [9.17, 15) is 4.79 Å². The molecule has 0 spiro atoms. The van der Waals surface area contributed by atoms with E-state index < -0.39 is 5.97 Å². The number of imidazole rings is 1. The molecule has 0 aliphatic rings. The van der Waals surface area contributed by atoms with Crippen molar-refractivity contribution in [1.29, 1.82) is 0 Å². The summed E-state index contributed by atoms with van der Waals surface area (Å²) in [5.41, 5.74) is 0. The van der Waals surface area contributed by atoms with Crippen LogP contribution in [0.2, 0.25) is 0 Å². The van der Waals surface area contributed by atoms with Crippen molar-refractivity contribution in [3.63, 3.8) is 0 Å². The van der Waals surface area contributed by atoms with Gasteiger partial charge in [-0.15, -0.1) is 0 Å². The highest BCUT2D eigenvalue weighted by Crippen LogP contribution is 2.09. The summed E-state index contributed by atoms with van der Waals surface area (Å²) in [6.45, 7) is 0. The van der Waals surface area contributed by atoms with Crippen LogP contribution in [0.5, 0.6) is 0 Å². The highest BCUT2D eigenvalue weighted by molar-refractivity contribution is 5.71. The van der Waals surface area contributed by atoms with Gasteiger partial charge in [0.1, 0.15) is 6.42 Å². The molecule has 0 amide bonds. The van der Waals surface area contributed by atoms with E-state index in [1.54, 1.807) is 12.4 Å². The van der Waals surface area contributed by atoms with Crippen LogP contribution in [0.4, 0.5) is 0 Å². The van der Waals surface area contributed by atoms with E-state index in [-0.39, 0.29) is 12.3 Å². The molecule has 0 fully saturated rings. The first kappa shape index (κ1) is 9.38. The third-order valence-corrected chi connectivity index (χ3v) is 1.70. The summed E-state index contributed by atoms with van der Waals surface area (Å²) >= 11 is 0. The molecule has 0 aliphatic heterocycles. The summed E-state index contributed by atoms with van der Waals surface area (Å²) in [7, 11) is 1.30. The standard InChI is InChI=1S/C8H8N4O3/c1-14-6(13)4-5-11-8(12-15-5)7-9-2-3-10-7/h2-3H,4H2,1H3,(H,9,10). The van der Waals surface area contributed by atoms with Gasteiger partial charge in [0.2, 0.25) is 11.7 Å². The Morgan fingerprint density at radius 3 is 3.20 bits per heavy atom. The lowest BCUT2D eigenvalue weighted by Crippen LogP contribution is -2.04. The number of aromatic nitrogens is 4. The Hall–Kier alpha value is -2.18. The number of hydrogen-bond donors (Lipinski definition) is 1. The van der Waals surface area contributed by atoms with Gasteiger partial charge in [0.25, 0.3) is 0 Å². The molecule has 1 N–H and O–H groups in total. The van der Waals surface area contributed by atoms with Crippen molar-refractivity contribution in [3.05, 3.63) is 18.3 Å². The van der Waals surface area contributed by atoms with Crippen molar-refractivity contribution in [3.8, 4) is 11.6 Å². The highest BCUT2D eigenvalue weighted by Gasteiger charge is 2.13. The fourth-order valence-electron chi connectivity index (χ4n) is 1.01. The summed E-state index contributed by atoms with van der Waals surface area (Å²) < 4.78 is 9.30. The van der Waals surface area contributed by atoms with E-state index in [2.05, 4.69) is 24.8 Å². The van der Waals surface area contributed by atoms with Gasteiger partial charge in [-0.2, -0.15) is 4.98 Å². The molecule has 7 nitrogen and oxygen atoms in total. The van der Waals surface area contributed by atoms with E-state index in [1.807, 2.05) is 0 Å². The Bertz CT molecular complexity index is 448. The van der Waals surface area contributed by atoms with Gasteiger partial charge in [-0.25, -0.2) is 4.98 Å². The molecule has 78 valence electrons. The summed E-state index contributed by atoms with van der Waals surface area (Å²) in [6.07, 6.45) is 3.18. The number of carbonyl (C=O) groups excluding carboxylic acids is 1. The maximum atomic E-state index is 10.9. The maximum Gasteiger partial charge on any atom is 0.315 e. The van der Waals surface area contributed by atoms with Gasteiger partial charge < -0.3 is 14.2 Å². The summed E-state index contributed by atoms with van der Waals surface area (Å²) in [6, 6.07) is 0. The van der Waals surface area contributed by atoms with E-state index in [0.29, 0.717) is 11.6 Å². The van der Waals surface area contributed by atoms with Crippen LogP contribution >= 0.6 is 0 Å². The molecule has 0 aliphatic carbocycles. The molecule has 2 aromatic heterocycles. The number of hydrogen-bond acceptors (Lipinski definition) is 6. The molecule has 0 bridgehead atoms. The fourth-order valence-corrected chi connectivity index (χ4v) is 1.01. The summed E-state index contributed by atoms with van der Waals surface area (Å²) in [5.74, 6) is 0.590. The van der Waals surface area contributed by atoms with Crippen LogP contribution in [-0.4, -0.2) is 33.2 Å². The first-order valence-electron chi connectivity index (χ1n) is 4.18. The molecule has 0 aromatic carbocycles. The lowest BCUT2D eigenvalue weighted by atomic mass is 10.4. The van der Waals surface area contributed by atoms with Crippen molar-refractivity contribution < 1.29 is 14.1 Å². The van der Waals surface area contributed by atoms with Gasteiger partial charge in [0, 0.05) is 12.4 Å². The maximum absolute atomic E-state index is 10.9. The highest BCUT2D eigenvalue weighted by atomic mass is 16.5. The number of nitrogens with one attached hydrogen (secondary N) is 1. The molecule has 0 atom stereocenters. The zero-order valence-electron chi connectivity index (χ0n) is 7.93. The minimum absolute atomic E-state index is 0.0375. The average Bonchev–Trinajstić information content (AvgIpc) is 2.85. The van der Waals surface area contributed by atoms with Crippen molar-refractivity contribution >= 4 is 5.97 Å². The van der Waals surface area contributed by atoms with Gasteiger partial charge in [0.15, 0.2) is 5.82 Å². The molecule has 0 radical (unpaired) electrons. The molecular weight excluding hydrogens is 200 g/mol. The minimum Gasteiger partial charge on any atom is -0.469 e. The molecule has 7 heteroatoms. The minimum atomic E-state index is -0.426. The number of methoxy groups -OCH3 is 1. The average molecular weight is 208 g/mol. The number of carbonyl (C=O) groups is 1. The van der Waals surface area contributed by atoms with Crippen LogP contribution in [0.25, 0.3) is 11.6 Å². The molecular formula is C8H8N4O3.